The fourth-order valence-corrected chi connectivity index (χ4v) is 3.83. The molecule has 4 nitrogen and oxygen atoms in total. The molecule has 4 rings (SSSR count). The summed E-state index contributed by atoms with van der Waals surface area (Å²) in [4.78, 5) is 24.8. The average molecular weight is 385 g/mol. The summed E-state index contributed by atoms with van der Waals surface area (Å²) in [5.41, 5.74) is 2.47. The van der Waals surface area contributed by atoms with Crippen LogP contribution in [0.1, 0.15) is 35.2 Å². The molecule has 0 amide bonds. The highest BCUT2D eigenvalue weighted by Crippen LogP contribution is 2.27. The molecule has 0 aliphatic heterocycles. The van der Waals surface area contributed by atoms with Gasteiger partial charge in [-0.15, -0.1) is 0 Å². The molecular weight excluding hydrogens is 362 g/mol. The standard InChI is InChI=1S/C25H23NO3/c1-29-24(27)15-6-7-16-26-17-22(20-12-4-5-14-23(20)26)25(28)21-13-8-10-18-9-2-3-11-19(18)21/h2-5,8-14,17H,6-7,15-16H2,1H3. The molecule has 0 aliphatic carbocycles. The van der Waals surface area contributed by atoms with Gasteiger partial charge in [0.05, 0.1) is 7.11 Å². The maximum absolute atomic E-state index is 13.5. The highest BCUT2D eigenvalue weighted by atomic mass is 16.5. The van der Waals surface area contributed by atoms with Crippen molar-refractivity contribution < 1.29 is 14.3 Å². The Labute approximate surface area is 169 Å². The number of ether oxygens (including phenoxy) is 1. The molecule has 0 fully saturated rings. The number of unbranched alkanes of at least 4 members (excludes halogenated alkanes) is 1. The van der Waals surface area contributed by atoms with Gasteiger partial charge < -0.3 is 9.30 Å². The lowest BCUT2D eigenvalue weighted by Gasteiger charge is -2.05. The lowest BCUT2D eigenvalue weighted by Crippen LogP contribution is -2.03. The van der Waals surface area contributed by atoms with Crippen LogP contribution in [0.3, 0.4) is 0 Å². The number of aromatic nitrogens is 1. The van der Waals surface area contributed by atoms with Crippen LogP contribution in [0.15, 0.2) is 72.9 Å². The van der Waals surface area contributed by atoms with Crippen molar-refractivity contribution in [3.63, 3.8) is 0 Å². The Hall–Kier alpha value is -3.40. The van der Waals surface area contributed by atoms with Gasteiger partial charge in [-0.2, -0.15) is 0 Å². The van der Waals surface area contributed by atoms with E-state index in [2.05, 4.69) is 4.57 Å². The predicted molar refractivity (Wildman–Crippen MR) is 115 cm³/mol. The maximum atomic E-state index is 13.5. The van der Waals surface area contributed by atoms with Gasteiger partial charge in [0.1, 0.15) is 0 Å². The van der Waals surface area contributed by atoms with Crippen molar-refractivity contribution in [1.82, 2.24) is 4.57 Å². The Balaban J connectivity index is 1.67. The third-order valence-corrected chi connectivity index (χ3v) is 5.33. The van der Waals surface area contributed by atoms with Gasteiger partial charge in [-0.3, -0.25) is 9.59 Å². The molecule has 0 aliphatic rings. The molecule has 1 aromatic heterocycles. The van der Waals surface area contributed by atoms with Crippen molar-refractivity contribution in [1.29, 1.82) is 0 Å². The van der Waals surface area contributed by atoms with E-state index in [0.717, 1.165) is 46.6 Å². The lowest BCUT2D eigenvalue weighted by molar-refractivity contribution is -0.140. The number of hydrogen-bond donors (Lipinski definition) is 0. The van der Waals surface area contributed by atoms with Crippen molar-refractivity contribution >= 4 is 33.4 Å². The zero-order valence-electron chi connectivity index (χ0n) is 16.4. The van der Waals surface area contributed by atoms with Crippen molar-refractivity contribution in [2.75, 3.05) is 7.11 Å². The summed E-state index contributed by atoms with van der Waals surface area (Å²) < 4.78 is 6.82. The summed E-state index contributed by atoms with van der Waals surface area (Å²) in [5, 5.41) is 2.98. The number of methoxy groups -OCH3 is 1. The van der Waals surface area contributed by atoms with Gasteiger partial charge in [0, 0.05) is 41.2 Å². The summed E-state index contributed by atoms with van der Waals surface area (Å²) in [6.07, 6.45) is 3.96. The van der Waals surface area contributed by atoms with Crippen molar-refractivity contribution in [3.05, 3.63) is 84.1 Å². The summed E-state index contributed by atoms with van der Waals surface area (Å²) in [6, 6.07) is 21.8. The second-order valence-electron chi connectivity index (χ2n) is 7.14. The summed E-state index contributed by atoms with van der Waals surface area (Å²) in [5.74, 6) is -0.152. The molecule has 0 spiro atoms. The van der Waals surface area contributed by atoms with Crippen LogP contribution in [0.4, 0.5) is 0 Å². The van der Waals surface area contributed by atoms with Gasteiger partial charge in [0.25, 0.3) is 0 Å². The molecule has 1 heterocycles. The van der Waals surface area contributed by atoms with Gasteiger partial charge in [-0.05, 0) is 29.7 Å². The van der Waals surface area contributed by atoms with Crippen molar-refractivity contribution in [3.8, 4) is 0 Å². The summed E-state index contributed by atoms with van der Waals surface area (Å²) in [7, 11) is 1.41. The van der Waals surface area contributed by atoms with E-state index in [0.29, 0.717) is 12.0 Å². The molecule has 0 saturated carbocycles. The van der Waals surface area contributed by atoms with Gasteiger partial charge in [0.15, 0.2) is 5.78 Å². The van der Waals surface area contributed by atoms with Gasteiger partial charge in [0.2, 0.25) is 0 Å². The van der Waals surface area contributed by atoms with E-state index in [1.807, 2.05) is 72.9 Å². The Morgan fingerprint density at radius 3 is 2.38 bits per heavy atom. The van der Waals surface area contributed by atoms with Crippen LogP contribution in [0.25, 0.3) is 21.7 Å². The summed E-state index contributed by atoms with van der Waals surface area (Å²) in [6.45, 7) is 0.750. The lowest BCUT2D eigenvalue weighted by atomic mass is 9.97. The highest BCUT2D eigenvalue weighted by molar-refractivity contribution is 6.21. The second-order valence-corrected chi connectivity index (χ2v) is 7.14. The second kappa shape index (κ2) is 8.31. The molecule has 4 aromatic rings. The molecule has 4 heteroatoms. The number of esters is 1. The number of rotatable bonds is 7. The Kier molecular flexibility index (Phi) is 5.43. The number of ketones is 1. The van der Waals surface area contributed by atoms with E-state index < -0.39 is 0 Å². The van der Waals surface area contributed by atoms with Crippen molar-refractivity contribution in [2.24, 2.45) is 0 Å². The number of carbonyl (C=O) groups is 2. The summed E-state index contributed by atoms with van der Waals surface area (Å²) >= 11 is 0. The Morgan fingerprint density at radius 1 is 0.828 bits per heavy atom. The number of nitrogens with zero attached hydrogens (tertiary/aromatic N) is 1. The van der Waals surface area contributed by atoms with Crippen LogP contribution in [0.2, 0.25) is 0 Å². The SMILES string of the molecule is COC(=O)CCCCn1cc(C(=O)c2cccc3ccccc23)c2ccccc21. The number of para-hydroxylation sites is 1. The molecule has 3 aromatic carbocycles. The predicted octanol–water partition coefficient (Wildman–Crippen LogP) is 5.37. The first-order valence-electron chi connectivity index (χ1n) is 9.86. The van der Waals surface area contributed by atoms with Crippen LogP contribution in [0, 0.1) is 0 Å². The molecule has 0 atom stereocenters. The molecular formula is C25H23NO3. The molecule has 0 saturated heterocycles. The van der Waals surface area contributed by atoms with E-state index in [-0.39, 0.29) is 11.8 Å². The fraction of sp³-hybridized carbons (Fsp3) is 0.200. The third kappa shape index (κ3) is 3.79. The minimum absolute atomic E-state index is 0.0336. The first-order valence-corrected chi connectivity index (χ1v) is 9.86. The fourth-order valence-electron chi connectivity index (χ4n) is 3.83. The molecule has 0 unspecified atom stereocenters. The zero-order chi connectivity index (χ0) is 20.2. The maximum Gasteiger partial charge on any atom is 0.305 e. The molecule has 0 radical (unpaired) electrons. The Morgan fingerprint density at radius 2 is 1.55 bits per heavy atom. The molecule has 0 N–H and O–H groups in total. The number of fused-ring (bicyclic) bond motifs is 2. The molecule has 0 bridgehead atoms. The van der Waals surface area contributed by atoms with E-state index in [4.69, 9.17) is 4.74 Å². The normalized spacial score (nSPS) is 11.1. The molecule has 146 valence electrons. The quantitative estimate of drug-likeness (QED) is 0.244. The smallest absolute Gasteiger partial charge is 0.305 e. The van der Waals surface area contributed by atoms with Crippen LogP contribution in [-0.2, 0) is 16.1 Å². The first-order chi connectivity index (χ1) is 14.2. The van der Waals surface area contributed by atoms with Crippen LogP contribution in [-0.4, -0.2) is 23.4 Å². The number of aryl methyl sites for hydroxylation is 1. The molecule has 29 heavy (non-hydrogen) atoms. The van der Waals surface area contributed by atoms with E-state index in [9.17, 15) is 9.59 Å². The number of carbonyl (C=O) groups excluding carboxylic acids is 2. The van der Waals surface area contributed by atoms with Gasteiger partial charge in [-0.25, -0.2) is 0 Å². The minimum atomic E-state index is -0.186. The number of hydrogen-bond acceptors (Lipinski definition) is 3. The zero-order valence-corrected chi connectivity index (χ0v) is 16.4. The minimum Gasteiger partial charge on any atom is -0.469 e. The van der Waals surface area contributed by atoms with Crippen LogP contribution >= 0.6 is 0 Å². The monoisotopic (exact) mass is 385 g/mol. The third-order valence-electron chi connectivity index (χ3n) is 5.33. The average Bonchev–Trinajstić information content (AvgIpc) is 3.14. The topological polar surface area (TPSA) is 48.3 Å². The van der Waals surface area contributed by atoms with Crippen LogP contribution in [0.5, 0.6) is 0 Å². The van der Waals surface area contributed by atoms with E-state index >= 15 is 0 Å². The largest absolute Gasteiger partial charge is 0.469 e. The van der Waals surface area contributed by atoms with E-state index in [1.165, 1.54) is 7.11 Å². The van der Waals surface area contributed by atoms with Crippen LogP contribution < -0.4 is 0 Å². The number of benzene rings is 3. The van der Waals surface area contributed by atoms with Gasteiger partial charge in [-0.1, -0.05) is 60.7 Å². The van der Waals surface area contributed by atoms with E-state index in [1.54, 1.807) is 0 Å². The first kappa shape index (κ1) is 18.9. The highest BCUT2D eigenvalue weighted by Gasteiger charge is 2.18. The Bertz CT molecular complexity index is 1180. The van der Waals surface area contributed by atoms with Gasteiger partial charge >= 0.3 is 5.97 Å². The van der Waals surface area contributed by atoms with Crippen molar-refractivity contribution in [2.45, 2.75) is 25.8 Å².